The van der Waals surface area contributed by atoms with Crippen molar-refractivity contribution in [2.75, 3.05) is 5.32 Å². The lowest BCUT2D eigenvalue weighted by Crippen LogP contribution is -2.00. The maximum atomic E-state index is 13.1. The summed E-state index contributed by atoms with van der Waals surface area (Å²) < 4.78 is 15.2. The van der Waals surface area contributed by atoms with Crippen LogP contribution in [0.3, 0.4) is 0 Å². The third kappa shape index (κ3) is 3.58. The molecule has 0 aliphatic rings. The molecule has 0 fully saturated rings. The van der Waals surface area contributed by atoms with Crippen LogP contribution in [0.25, 0.3) is 0 Å². The van der Waals surface area contributed by atoms with Gasteiger partial charge < -0.3 is 10.4 Å². The Morgan fingerprint density at radius 2 is 2.00 bits per heavy atom. The number of benzene rings is 2. The summed E-state index contributed by atoms with van der Waals surface area (Å²) >= 11 is 5.69. The maximum absolute atomic E-state index is 13.1. The fraction of sp³-hybridized carbons (Fsp3) is 0.0769. The molecule has 5 heteroatoms. The first-order valence-electron chi connectivity index (χ1n) is 5.22. The highest BCUT2D eigenvalue weighted by Gasteiger charge is 2.02. The molecule has 0 aliphatic carbocycles. The van der Waals surface area contributed by atoms with Crippen molar-refractivity contribution in [3.05, 3.63) is 55.8 Å². The van der Waals surface area contributed by atoms with Crippen molar-refractivity contribution >= 4 is 44.2 Å². The van der Waals surface area contributed by atoms with Crippen molar-refractivity contribution < 1.29 is 9.50 Å². The quantitative estimate of drug-likeness (QED) is 0.714. The van der Waals surface area contributed by atoms with Crippen molar-refractivity contribution in [1.29, 1.82) is 0 Å². The van der Waals surface area contributed by atoms with Crippen molar-refractivity contribution in [1.82, 2.24) is 0 Å². The van der Waals surface area contributed by atoms with Gasteiger partial charge in [0, 0.05) is 26.3 Å². The van der Waals surface area contributed by atoms with Crippen molar-refractivity contribution in [2.45, 2.75) is 6.54 Å². The number of nitrogens with one attached hydrogen (secondary N) is 1. The number of hydrogen-bond donors (Lipinski definition) is 2. The second-order valence-corrected chi connectivity index (χ2v) is 5.90. The molecule has 94 valence electrons. The Kier molecular flexibility index (Phi) is 4.45. The largest absolute Gasteiger partial charge is 0.508 e. The van der Waals surface area contributed by atoms with E-state index in [-0.39, 0.29) is 5.75 Å². The summed E-state index contributed by atoms with van der Waals surface area (Å²) in [4.78, 5) is 0. The van der Waals surface area contributed by atoms with Crippen LogP contribution in [0.15, 0.2) is 40.9 Å². The zero-order valence-corrected chi connectivity index (χ0v) is 13.0. The highest BCUT2D eigenvalue weighted by Crippen LogP contribution is 2.25. The minimum atomic E-state index is -0.437. The molecule has 0 amide bonds. The number of hydrogen-bond acceptors (Lipinski definition) is 2. The molecule has 2 aromatic rings. The number of anilines is 1. The van der Waals surface area contributed by atoms with E-state index in [0.717, 1.165) is 19.8 Å². The van der Waals surface area contributed by atoms with Gasteiger partial charge in [-0.15, -0.1) is 0 Å². The van der Waals surface area contributed by atoms with Crippen LogP contribution in [0, 0.1) is 9.39 Å². The van der Waals surface area contributed by atoms with Crippen molar-refractivity contribution in [3.8, 4) is 5.75 Å². The zero-order valence-electron chi connectivity index (χ0n) is 9.25. The Bertz CT molecular complexity index is 557. The van der Waals surface area contributed by atoms with E-state index in [1.807, 2.05) is 18.2 Å². The molecule has 2 aromatic carbocycles. The SMILES string of the molecule is Oc1cc(F)cc(CNc2ccc(I)cc2Br)c1. The lowest BCUT2D eigenvalue weighted by molar-refractivity contribution is 0.468. The van der Waals surface area contributed by atoms with Gasteiger partial charge in [-0.3, -0.25) is 0 Å². The lowest BCUT2D eigenvalue weighted by atomic mass is 10.2. The Hall–Kier alpha value is -0.820. The fourth-order valence-corrected chi connectivity index (χ4v) is 3.00. The van der Waals surface area contributed by atoms with E-state index in [1.165, 1.54) is 12.1 Å². The molecule has 0 radical (unpaired) electrons. The van der Waals surface area contributed by atoms with Crippen molar-refractivity contribution in [2.24, 2.45) is 0 Å². The average molecular weight is 422 g/mol. The third-order valence-electron chi connectivity index (χ3n) is 2.36. The number of halogens is 3. The van der Waals surface area contributed by atoms with Crippen LogP contribution in [-0.4, -0.2) is 5.11 Å². The second-order valence-electron chi connectivity index (χ2n) is 3.80. The van der Waals surface area contributed by atoms with Crippen LogP contribution in [0.5, 0.6) is 5.75 Å². The molecule has 0 aliphatic heterocycles. The van der Waals surface area contributed by atoms with Gasteiger partial charge in [0.15, 0.2) is 0 Å². The van der Waals surface area contributed by atoms with Crippen molar-refractivity contribution in [3.63, 3.8) is 0 Å². The highest BCUT2D eigenvalue weighted by atomic mass is 127. The van der Waals surface area contributed by atoms with Gasteiger partial charge in [0.25, 0.3) is 0 Å². The van der Waals surface area contributed by atoms with Gasteiger partial charge >= 0.3 is 0 Å². The molecule has 0 unspecified atom stereocenters. The van der Waals surface area contributed by atoms with Gasteiger partial charge in [-0.25, -0.2) is 4.39 Å². The molecule has 0 spiro atoms. The molecule has 2 N–H and O–H groups in total. The monoisotopic (exact) mass is 421 g/mol. The molecule has 18 heavy (non-hydrogen) atoms. The van der Waals surface area contributed by atoms with Gasteiger partial charge in [-0.1, -0.05) is 0 Å². The fourth-order valence-electron chi connectivity index (χ4n) is 1.57. The normalized spacial score (nSPS) is 10.4. The lowest BCUT2D eigenvalue weighted by Gasteiger charge is -2.09. The van der Waals surface area contributed by atoms with Gasteiger partial charge in [-0.05, 0) is 74.4 Å². The highest BCUT2D eigenvalue weighted by molar-refractivity contribution is 14.1. The molecule has 2 rings (SSSR count). The van der Waals surface area contributed by atoms with Crippen LogP contribution < -0.4 is 5.32 Å². The number of rotatable bonds is 3. The zero-order chi connectivity index (χ0) is 13.1. The standard InChI is InChI=1S/C13H10BrFINO/c14-12-6-10(16)1-2-13(12)17-7-8-3-9(15)5-11(18)4-8/h1-6,17-18H,7H2. The number of phenolic OH excluding ortho intramolecular Hbond substituents is 1. The molecule has 0 heterocycles. The number of aromatic hydroxyl groups is 1. The molecule has 2 nitrogen and oxygen atoms in total. The predicted molar refractivity (Wildman–Crippen MR) is 82.3 cm³/mol. The Balaban J connectivity index is 2.11. The van der Waals surface area contributed by atoms with E-state index >= 15 is 0 Å². The molecular formula is C13H10BrFINO. The van der Waals surface area contributed by atoms with Gasteiger partial charge in [0.05, 0.1) is 0 Å². The third-order valence-corrected chi connectivity index (χ3v) is 3.68. The first-order chi connectivity index (χ1) is 8.54. The summed E-state index contributed by atoms with van der Waals surface area (Å²) in [6.45, 7) is 0.449. The van der Waals surface area contributed by atoms with E-state index in [2.05, 4.69) is 43.8 Å². The molecule has 0 saturated carbocycles. The van der Waals surface area contributed by atoms with Gasteiger partial charge in [0.1, 0.15) is 11.6 Å². The predicted octanol–water partition coefficient (Wildman–Crippen LogP) is 4.51. The summed E-state index contributed by atoms with van der Waals surface area (Å²) in [6, 6.07) is 9.95. The van der Waals surface area contributed by atoms with Crippen LogP contribution in [0.4, 0.5) is 10.1 Å². The van der Waals surface area contributed by atoms with E-state index in [0.29, 0.717) is 12.1 Å². The van der Waals surface area contributed by atoms with E-state index in [1.54, 1.807) is 0 Å². The molecule has 0 bridgehead atoms. The van der Waals surface area contributed by atoms with E-state index in [9.17, 15) is 9.50 Å². The first-order valence-corrected chi connectivity index (χ1v) is 7.09. The summed E-state index contributed by atoms with van der Waals surface area (Å²) in [6.07, 6.45) is 0. The summed E-state index contributed by atoms with van der Waals surface area (Å²) in [5.41, 5.74) is 1.62. The minimum Gasteiger partial charge on any atom is -0.508 e. The van der Waals surface area contributed by atoms with Crippen LogP contribution in [0.2, 0.25) is 0 Å². The van der Waals surface area contributed by atoms with E-state index in [4.69, 9.17) is 0 Å². The molecule has 0 atom stereocenters. The smallest absolute Gasteiger partial charge is 0.127 e. The second kappa shape index (κ2) is 5.88. The van der Waals surface area contributed by atoms with Gasteiger partial charge in [-0.2, -0.15) is 0 Å². The molecule has 0 saturated heterocycles. The Morgan fingerprint density at radius 1 is 1.22 bits per heavy atom. The average Bonchev–Trinajstić information content (AvgIpc) is 2.26. The summed E-state index contributed by atoms with van der Waals surface area (Å²) in [5, 5.41) is 12.5. The van der Waals surface area contributed by atoms with Crippen LogP contribution in [-0.2, 0) is 6.54 Å². The first kappa shape index (κ1) is 13.6. The van der Waals surface area contributed by atoms with Gasteiger partial charge in [0.2, 0.25) is 0 Å². The summed E-state index contributed by atoms with van der Waals surface area (Å²) in [7, 11) is 0. The summed E-state index contributed by atoms with van der Waals surface area (Å²) in [5.74, 6) is -0.498. The van der Waals surface area contributed by atoms with Crippen LogP contribution >= 0.6 is 38.5 Å². The Labute approximate surface area is 126 Å². The Morgan fingerprint density at radius 3 is 2.67 bits per heavy atom. The maximum Gasteiger partial charge on any atom is 0.127 e. The van der Waals surface area contributed by atoms with E-state index < -0.39 is 5.82 Å². The number of phenols is 1. The molecular weight excluding hydrogens is 412 g/mol. The minimum absolute atomic E-state index is 0.0616. The molecule has 0 aromatic heterocycles. The van der Waals surface area contributed by atoms with Crippen LogP contribution in [0.1, 0.15) is 5.56 Å². The topological polar surface area (TPSA) is 32.3 Å².